The van der Waals surface area contributed by atoms with Crippen LogP contribution in [0, 0.1) is 3.70 Å². The molecule has 4 nitrogen and oxygen atoms in total. The normalized spacial score (nSPS) is 9.64. The van der Waals surface area contributed by atoms with Crippen molar-refractivity contribution in [3.8, 4) is 0 Å². The van der Waals surface area contributed by atoms with Gasteiger partial charge >= 0.3 is 5.97 Å². The Hall–Kier alpha value is -0.980. The quantitative estimate of drug-likeness (QED) is 0.361. The van der Waals surface area contributed by atoms with Gasteiger partial charge < -0.3 is 4.74 Å². The molecule has 0 spiro atoms. The maximum absolute atomic E-state index is 11.2. The second-order valence-corrected chi connectivity index (χ2v) is 3.72. The molecule has 74 valence electrons. The van der Waals surface area contributed by atoms with Crippen LogP contribution in [0.1, 0.15) is 27.8 Å². The van der Waals surface area contributed by atoms with E-state index in [0.29, 0.717) is 9.26 Å². The van der Waals surface area contributed by atoms with Crippen LogP contribution in [0.25, 0.3) is 0 Å². The molecule has 0 saturated heterocycles. The van der Waals surface area contributed by atoms with Crippen LogP contribution in [-0.2, 0) is 4.74 Å². The molecule has 0 aliphatic carbocycles. The van der Waals surface area contributed by atoms with Gasteiger partial charge in [-0.3, -0.25) is 4.79 Å². The molecule has 1 aromatic heterocycles. The third-order valence-corrected chi connectivity index (χ3v) is 2.13. The molecule has 0 atom stereocenters. The van der Waals surface area contributed by atoms with Crippen molar-refractivity contribution < 1.29 is 14.3 Å². The lowest BCUT2D eigenvalue weighted by molar-refractivity contribution is 0.0600. The monoisotopic (exact) mass is 305 g/mol. The number of ether oxygens (including phenoxy) is 1. The SMILES string of the molecule is COC(=O)c1cc(I)nc(C(C)=O)c1. The maximum Gasteiger partial charge on any atom is 0.338 e. The number of Topliss-reactive ketones (excluding diaryl/α,β-unsaturated/α-hetero) is 1. The van der Waals surface area contributed by atoms with Crippen molar-refractivity contribution in [3.05, 3.63) is 27.1 Å². The predicted molar refractivity (Wildman–Crippen MR) is 58.3 cm³/mol. The van der Waals surface area contributed by atoms with Gasteiger partial charge in [0.2, 0.25) is 0 Å². The smallest absolute Gasteiger partial charge is 0.338 e. The number of carbonyl (C=O) groups is 2. The molecule has 0 radical (unpaired) electrons. The molecule has 14 heavy (non-hydrogen) atoms. The topological polar surface area (TPSA) is 56.3 Å². The molecular formula is C9H8INO3. The maximum atomic E-state index is 11.2. The van der Waals surface area contributed by atoms with Gasteiger partial charge in [-0.25, -0.2) is 9.78 Å². The molecule has 0 fully saturated rings. The van der Waals surface area contributed by atoms with Crippen LogP contribution >= 0.6 is 22.6 Å². The molecule has 0 aliphatic heterocycles. The summed E-state index contributed by atoms with van der Waals surface area (Å²) in [5, 5.41) is 0. The highest BCUT2D eigenvalue weighted by atomic mass is 127. The Balaban J connectivity index is 3.20. The van der Waals surface area contributed by atoms with Crippen molar-refractivity contribution in [1.29, 1.82) is 0 Å². The number of hydrogen-bond donors (Lipinski definition) is 0. The predicted octanol–water partition coefficient (Wildman–Crippen LogP) is 1.68. The summed E-state index contributed by atoms with van der Waals surface area (Å²) >= 11 is 1.94. The van der Waals surface area contributed by atoms with Gasteiger partial charge in [-0.15, -0.1) is 0 Å². The fraction of sp³-hybridized carbons (Fsp3) is 0.222. The first-order valence-corrected chi connectivity index (χ1v) is 4.89. The number of ketones is 1. The highest BCUT2D eigenvalue weighted by Crippen LogP contribution is 2.10. The molecule has 0 aromatic carbocycles. The van der Waals surface area contributed by atoms with Crippen LogP contribution in [0.5, 0.6) is 0 Å². The number of carbonyl (C=O) groups excluding carboxylic acids is 2. The van der Waals surface area contributed by atoms with Gasteiger partial charge in [0.25, 0.3) is 0 Å². The first-order chi connectivity index (χ1) is 6.54. The van der Waals surface area contributed by atoms with Crippen molar-refractivity contribution in [2.45, 2.75) is 6.92 Å². The van der Waals surface area contributed by atoms with E-state index in [1.54, 1.807) is 6.07 Å². The lowest BCUT2D eigenvalue weighted by Gasteiger charge is -2.01. The minimum absolute atomic E-state index is 0.173. The molecule has 5 heteroatoms. The molecule has 0 bridgehead atoms. The Morgan fingerprint density at radius 3 is 2.57 bits per heavy atom. The Kier molecular flexibility index (Phi) is 3.56. The van der Waals surface area contributed by atoms with Gasteiger partial charge in [-0.05, 0) is 34.7 Å². The van der Waals surface area contributed by atoms with Crippen molar-refractivity contribution in [2.75, 3.05) is 7.11 Å². The molecule has 0 saturated carbocycles. The summed E-state index contributed by atoms with van der Waals surface area (Å²) in [6.07, 6.45) is 0. The zero-order chi connectivity index (χ0) is 10.7. The van der Waals surface area contributed by atoms with Crippen molar-refractivity contribution >= 4 is 34.3 Å². The molecule has 0 aliphatic rings. The lowest BCUT2D eigenvalue weighted by atomic mass is 10.2. The van der Waals surface area contributed by atoms with E-state index in [4.69, 9.17) is 0 Å². The number of hydrogen-bond acceptors (Lipinski definition) is 4. The largest absolute Gasteiger partial charge is 0.465 e. The third kappa shape index (κ3) is 2.50. The highest BCUT2D eigenvalue weighted by Gasteiger charge is 2.10. The van der Waals surface area contributed by atoms with Crippen molar-refractivity contribution in [3.63, 3.8) is 0 Å². The number of halogens is 1. The summed E-state index contributed by atoms with van der Waals surface area (Å²) in [7, 11) is 1.29. The second kappa shape index (κ2) is 4.50. The molecule has 0 amide bonds. The number of pyridine rings is 1. The average Bonchev–Trinajstić information content (AvgIpc) is 2.15. The van der Waals surface area contributed by atoms with E-state index in [0.717, 1.165) is 0 Å². The Morgan fingerprint density at radius 2 is 2.07 bits per heavy atom. The molecule has 0 unspecified atom stereocenters. The van der Waals surface area contributed by atoms with Crippen LogP contribution < -0.4 is 0 Å². The van der Waals surface area contributed by atoms with Crippen molar-refractivity contribution in [2.24, 2.45) is 0 Å². The number of aromatic nitrogens is 1. The summed E-state index contributed by atoms with van der Waals surface area (Å²) in [5.41, 5.74) is 0.620. The summed E-state index contributed by atoms with van der Waals surface area (Å²) in [6.45, 7) is 1.40. The van der Waals surface area contributed by atoms with E-state index in [9.17, 15) is 9.59 Å². The average molecular weight is 305 g/mol. The molecule has 1 aromatic rings. The Labute approximate surface area is 94.8 Å². The minimum Gasteiger partial charge on any atom is -0.465 e. The zero-order valence-corrected chi connectivity index (χ0v) is 9.86. The van der Waals surface area contributed by atoms with E-state index in [1.807, 2.05) is 22.6 Å². The van der Waals surface area contributed by atoms with Gasteiger partial charge in [0.1, 0.15) is 9.39 Å². The van der Waals surface area contributed by atoms with Crippen LogP contribution in [0.15, 0.2) is 12.1 Å². The zero-order valence-electron chi connectivity index (χ0n) is 7.70. The summed E-state index contributed by atoms with van der Waals surface area (Å²) in [6, 6.07) is 3.00. The van der Waals surface area contributed by atoms with Crippen LogP contribution in [0.3, 0.4) is 0 Å². The molecule has 1 rings (SSSR count). The fourth-order valence-electron chi connectivity index (χ4n) is 0.913. The van der Waals surface area contributed by atoms with E-state index in [1.165, 1.54) is 20.1 Å². The van der Waals surface area contributed by atoms with Gasteiger partial charge in [0, 0.05) is 6.92 Å². The third-order valence-electron chi connectivity index (χ3n) is 1.58. The number of nitrogens with zero attached hydrogens (tertiary/aromatic N) is 1. The molecule has 1 heterocycles. The van der Waals surface area contributed by atoms with Crippen LogP contribution in [-0.4, -0.2) is 23.8 Å². The number of rotatable bonds is 2. The van der Waals surface area contributed by atoms with Gasteiger partial charge in [0.05, 0.1) is 12.7 Å². The van der Waals surface area contributed by atoms with Gasteiger partial charge in [0.15, 0.2) is 5.78 Å². The molecule has 0 N–H and O–H groups in total. The summed E-state index contributed by atoms with van der Waals surface area (Å²) < 4.78 is 5.14. The summed E-state index contributed by atoms with van der Waals surface area (Å²) in [4.78, 5) is 26.2. The standard InChI is InChI=1S/C9H8INO3/c1-5(12)7-3-6(9(13)14-2)4-8(10)11-7/h3-4H,1-2H3. The van der Waals surface area contributed by atoms with Gasteiger partial charge in [-0.2, -0.15) is 0 Å². The molecular weight excluding hydrogens is 297 g/mol. The van der Waals surface area contributed by atoms with Crippen LogP contribution in [0.2, 0.25) is 0 Å². The second-order valence-electron chi connectivity index (χ2n) is 2.61. The first-order valence-electron chi connectivity index (χ1n) is 3.81. The van der Waals surface area contributed by atoms with Crippen LogP contribution in [0.4, 0.5) is 0 Å². The van der Waals surface area contributed by atoms with Gasteiger partial charge in [-0.1, -0.05) is 0 Å². The minimum atomic E-state index is -0.465. The van der Waals surface area contributed by atoms with Crippen molar-refractivity contribution in [1.82, 2.24) is 4.98 Å². The number of esters is 1. The lowest BCUT2D eigenvalue weighted by Crippen LogP contribution is -2.06. The first kappa shape index (κ1) is 11.1. The van der Waals surface area contributed by atoms with E-state index >= 15 is 0 Å². The highest BCUT2D eigenvalue weighted by molar-refractivity contribution is 14.1. The fourth-order valence-corrected chi connectivity index (χ4v) is 1.51. The van der Waals surface area contributed by atoms with E-state index in [2.05, 4.69) is 9.72 Å². The van der Waals surface area contributed by atoms with E-state index < -0.39 is 5.97 Å². The Bertz CT molecular complexity index is 390. The number of methoxy groups -OCH3 is 1. The van der Waals surface area contributed by atoms with E-state index in [-0.39, 0.29) is 11.5 Å². The summed E-state index contributed by atoms with van der Waals surface area (Å²) in [5.74, 6) is -0.638. The Morgan fingerprint density at radius 1 is 1.43 bits per heavy atom.